The number of benzene rings is 1. The summed E-state index contributed by atoms with van der Waals surface area (Å²) in [5.41, 5.74) is 14.8. The lowest BCUT2D eigenvalue weighted by molar-refractivity contribution is -0.284. The maximum atomic E-state index is 17.3. The molecule has 21 atom stereocenters. The lowest BCUT2D eigenvalue weighted by atomic mass is 9.26. The van der Waals surface area contributed by atoms with Gasteiger partial charge in [0.15, 0.2) is 11.4 Å². The zero-order valence-electron chi connectivity index (χ0n) is 50.9. The highest BCUT2D eigenvalue weighted by molar-refractivity contribution is 8.76. The number of aliphatic hydroxyl groups excluding tert-OH is 1. The minimum absolute atomic E-state index is 0.0759. The van der Waals surface area contributed by atoms with E-state index in [1.165, 1.54) is 146 Å². The predicted molar refractivity (Wildman–Crippen MR) is 333 cm³/mol. The van der Waals surface area contributed by atoms with Crippen LogP contribution in [-0.4, -0.2) is 76.1 Å². The highest BCUT2D eigenvalue weighted by Crippen LogP contribution is 2.90. The number of allylic oxidation sites excluding steroid dienone is 4. The van der Waals surface area contributed by atoms with Gasteiger partial charge in [-0.2, -0.15) is 0 Å². The number of ether oxygens (including phenoxy) is 2. The summed E-state index contributed by atoms with van der Waals surface area (Å²) in [5.74, 6) is 15.7. The molecule has 10 fully saturated rings. The maximum Gasteiger partial charge on any atom is 0.339 e. The van der Waals surface area contributed by atoms with Crippen LogP contribution in [0, 0.1) is 115 Å². The maximum absolute atomic E-state index is 17.3. The standard InChI is InChI=1S/C75H93N3O5S2/c1-42-29-44-19-20-58-47-30-48-39-78(58)65(44)64-53-21-27-73-66(60(79)33-59-49-34-69(22-4-5-23-69)72(36-49)26-10-25-71(72)24-8-15-51(71)14-7-18-57(48)77(59)38-47)82-68(81)74(73)61(75(73)56-17-6-12-43(13-9-28-76)62(56)67(80)83-75)32-46-31-54-50(35-70(42,64)37-55(54)63(53)74)41-85-84-40-45-11-2-3-16-52(45)46/h6,12,17,31,42,45-52,55,57-59,61,64,79H,2-5,8-11,13,15-16,18-30,32-41,76H2,1H3/b54-31?,66-60+/t42-,45+,46-,47+,48+,49+,50-,51-,52+,55-,57-,58-,59-,61+,64-,70-,71-,72-,73-,74-,75-/m1/s1. The molecule has 11 aliphatic carbocycles. The van der Waals surface area contributed by atoms with Gasteiger partial charge in [0, 0.05) is 90.5 Å². The van der Waals surface area contributed by atoms with Crippen molar-refractivity contribution in [2.45, 2.75) is 217 Å². The summed E-state index contributed by atoms with van der Waals surface area (Å²) in [7, 11) is 4.37. The van der Waals surface area contributed by atoms with Crippen molar-refractivity contribution in [1.29, 1.82) is 0 Å². The molecule has 0 amide bonds. The quantitative estimate of drug-likeness (QED) is 0.132. The number of hydrogen-bond acceptors (Lipinski definition) is 10. The number of aryl methyl sites for hydroxylation is 1. The molecule has 3 N–H and O–H groups in total. The molecule has 8 aliphatic heterocycles. The summed E-state index contributed by atoms with van der Waals surface area (Å²) in [5, 5.41) is 14.5. The Kier molecular flexibility index (Phi) is 11.1. The Morgan fingerprint density at radius 1 is 0.824 bits per heavy atom. The Labute approximate surface area is 514 Å². The number of aliphatic hydroxyl groups is 1. The number of fused-ring (bicyclic) bond motifs is 11. The zero-order chi connectivity index (χ0) is 56.4. The first kappa shape index (κ1) is 52.7. The third-order valence-corrected chi connectivity index (χ3v) is 34.1. The van der Waals surface area contributed by atoms with Crippen molar-refractivity contribution in [3.8, 4) is 11.8 Å². The average molecular weight is 1180 g/mol. The minimum atomic E-state index is -1.18. The van der Waals surface area contributed by atoms with Crippen molar-refractivity contribution in [1.82, 2.24) is 9.80 Å². The second-order valence-electron chi connectivity index (χ2n) is 33.3. The Morgan fingerprint density at radius 2 is 1.69 bits per heavy atom. The summed E-state index contributed by atoms with van der Waals surface area (Å²) in [6, 6.07) is 7.51. The molecule has 0 aromatic heterocycles. The third-order valence-electron chi connectivity index (χ3n) is 31.5. The van der Waals surface area contributed by atoms with Crippen LogP contribution in [0.25, 0.3) is 0 Å². The number of piperidine rings is 2. The topological polar surface area (TPSA) is 105 Å². The van der Waals surface area contributed by atoms with Gasteiger partial charge in [-0.05, 0) is 222 Å². The number of rotatable bonds is 3. The lowest BCUT2D eigenvalue weighted by Crippen LogP contribution is -2.78. The van der Waals surface area contributed by atoms with E-state index in [9.17, 15) is 5.11 Å². The Morgan fingerprint density at radius 3 is 2.60 bits per heavy atom. The summed E-state index contributed by atoms with van der Waals surface area (Å²) in [4.78, 5) is 39.4. The first-order valence-corrected chi connectivity index (χ1v) is 38.2. The third kappa shape index (κ3) is 6.03. The van der Waals surface area contributed by atoms with Gasteiger partial charge in [0.25, 0.3) is 0 Å². The Hall–Kier alpha value is -3.10. The number of nitrogens with two attached hydrogens (primary N) is 1. The minimum Gasteiger partial charge on any atom is -0.509 e. The van der Waals surface area contributed by atoms with Gasteiger partial charge in [0.2, 0.25) is 0 Å². The van der Waals surface area contributed by atoms with E-state index in [0.717, 1.165) is 62.1 Å². The molecular weight excluding hydrogens is 1090 g/mol. The van der Waals surface area contributed by atoms with E-state index in [-0.39, 0.29) is 52.5 Å². The van der Waals surface area contributed by atoms with Crippen molar-refractivity contribution in [2.75, 3.05) is 31.1 Å². The van der Waals surface area contributed by atoms with Gasteiger partial charge >= 0.3 is 11.9 Å². The molecule has 20 rings (SSSR count). The van der Waals surface area contributed by atoms with Crippen LogP contribution >= 0.6 is 21.6 Å². The van der Waals surface area contributed by atoms with Crippen molar-refractivity contribution in [3.63, 3.8) is 0 Å². The van der Waals surface area contributed by atoms with Crippen molar-refractivity contribution >= 4 is 33.5 Å². The van der Waals surface area contributed by atoms with E-state index in [1.54, 1.807) is 22.4 Å². The number of hydrogen-bond donors (Lipinski definition) is 2. The molecule has 3 saturated heterocycles. The molecule has 8 nitrogen and oxygen atoms in total. The van der Waals surface area contributed by atoms with E-state index in [4.69, 9.17) is 15.2 Å². The van der Waals surface area contributed by atoms with Crippen molar-refractivity contribution < 1.29 is 24.2 Å². The van der Waals surface area contributed by atoms with Crippen molar-refractivity contribution in [3.05, 3.63) is 80.5 Å². The molecule has 14 bridgehead atoms. The van der Waals surface area contributed by atoms with Gasteiger partial charge in [-0.1, -0.05) is 114 Å². The van der Waals surface area contributed by atoms with Gasteiger partial charge < -0.3 is 25.2 Å². The molecule has 7 spiro atoms. The molecule has 1 aromatic rings. The van der Waals surface area contributed by atoms with Crippen LogP contribution in [0.2, 0.25) is 0 Å². The number of nitrogens with zero attached hydrogens (tertiary/aromatic N) is 2. The molecule has 8 heterocycles. The van der Waals surface area contributed by atoms with Crippen LogP contribution in [0.15, 0.2) is 63.8 Å². The zero-order valence-corrected chi connectivity index (χ0v) is 52.5. The summed E-state index contributed by atoms with van der Waals surface area (Å²) in [6.45, 7) is 5.43. The predicted octanol–water partition coefficient (Wildman–Crippen LogP) is 14.9. The highest BCUT2D eigenvalue weighted by Gasteiger charge is 2.94. The molecule has 85 heavy (non-hydrogen) atoms. The average Bonchev–Trinajstić information content (AvgIpc) is 1.59. The molecular formula is C75H93N3O5S2. The molecule has 7 saturated carbocycles. The van der Waals surface area contributed by atoms with Crippen LogP contribution in [-0.2, 0) is 26.3 Å². The largest absolute Gasteiger partial charge is 0.509 e. The van der Waals surface area contributed by atoms with Crippen LogP contribution < -0.4 is 5.73 Å². The van der Waals surface area contributed by atoms with E-state index in [0.29, 0.717) is 113 Å². The summed E-state index contributed by atoms with van der Waals surface area (Å²) in [6.07, 6.45) is 36.4. The number of carbonyl (C=O) groups excluding carboxylic acids is 2. The first-order valence-electron chi connectivity index (χ1n) is 35.7. The van der Waals surface area contributed by atoms with Gasteiger partial charge in [-0.25, -0.2) is 4.79 Å². The van der Waals surface area contributed by atoms with E-state index < -0.39 is 16.4 Å². The van der Waals surface area contributed by atoms with Crippen LogP contribution in [0.3, 0.4) is 0 Å². The fraction of sp³-hybridized carbons (Fsp3) is 0.760. The van der Waals surface area contributed by atoms with E-state index in [2.05, 4.69) is 74.4 Å². The second kappa shape index (κ2) is 17.9. The SMILES string of the molecule is C[C@@H]1CC2=C3[C@H]4C5=C6[C@@H]7C[C@@]41C[C@@H]1CSSC[C@@H]4CCCC[C@@H]4[C@H](C=C17)C[C@H]1[C@]64C(=O)O/C(=C(/O)C[C@@H]6[C@H]7CC8(CCCC8)[C@@]8(CCC[C@@]89CCC[C@H]9C#CC[C@@H]8[C@H]9C[C@@H](CN86)[C@@H](CC2)N3C9)C7)[C@@]4(CC5)[C@]12OC(=O)c1c(CCCN)cccc12. The summed E-state index contributed by atoms with van der Waals surface area (Å²) >= 11 is 0. The van der Waals surface area contributed by atoms with Crippen LogP contribution in [0.5, 0.6) is 0 Å². The highest BCUT2D eigenvalue weighted by atomic mass is 33.1. The number of carbonyl (C=O) groups is 2. The molecule has 450 valence electrons. The first-order chi connectivity index (χ1) is 41.6. The van der Waals surface area contributed by atoms with Crippen LogP contribution in [0.1, 0.15) is 208 Å². The lowest BCUT2D eigenvalue weighted by Gasteiger charge is -2.75. The Bertz CT molecular complexity index is 3360. The molecule has 19 aliphatic rings. The van der Waals surface area contributed by atoms with E-state index >= 15 is 9.59 Å². The van der Waals surface area contributed by atoms with E-state index in [1.807, 2.05) is 0 Å². The monoisotopic (exact) mass is 1180 g/mol. The second-order valence-corrected chi connectivity index (χ2v) is 35.8. The molecule has 0 unspecified atom stereocenters. The van der Waals surface area contributed by atoms with Crippen molar-refractivity contribution in [2.24, 2.45) is 109 Å². The molecule has 10 heteroatoms. The molecule has 1 aromatic carbocycles. The van der Waals surface area contributed by atoms with Gasteiger partial charge in [-0.15, -0.1) is 5.92 Å². The molecule has 0 radical (unpaired) electrons. The number of esters is 2. The fourth-order valence-electron chi connectivity index (χ4n) is 29.3. The van der Waals surface area contributed by atoms with Gasteiger partial charge in [-0.3, -0.25) is 9.69 Å². The normalized spacial score (nSPS) is 51.0. The van der Waals surface area contributed by atoms with Gasteiger partial charge in [0.05, 0.1) is 11.0 Å². The smallest absolute Gasteiger partial charge is 0.339 e. The van der Waals surface area contributed by atoms with Crippen LogP contribution in [0.4, 0.5) is 0 Å². The fourth-order valence-corrected chi connectivity index (χ4v) is 32.1. The Balaban J connectivity index is 0.880. The van der Waals surface area contributed by atoms with Gasteiger partial charge in [0.1, 0.15) is 11.2 Å². The summed E-state index contributed by atoms with van der Waals surface area (Å²) < 4.78 is 15.3.